The fourth-order valence-corrected chi connectivity index (χ4v) is 5.92. The lowest BCUT2D eigenvalue weighted by Gasteiger charge is -2.35. The lowest BCUT2D eigenvalue weighted by molar-refractivity contribution is -0.123. The summed E-state index contributed by atoms with van der Waals surface area (Å²) in [6.07, 6.45) is 3.71. The molecule has 0 spiro atoms. The number of halogens is 1. The van der Waals surface area contributed by atoms with Gasteiger partial charge in [0, 0.05) is 11.8 Å². The molecule has 4 atom stereocenters. The molecule has 4 aliphatic heterocycles. The number of Topliss-reactive ketones (excluding diaryl/α,β-unsaturated/α-hetero) is 1. The maximum Gasteiger partial charge on any atom is 0.240 e. The molecule has 178 valence electrons. The number of ether oxygens (including phenoxy) is 2. The van der Waals surface area contributed by atoms with Gasteiger partial charge in [-0.3, -0.25) is 14.4 Å². The van der Waals surface area contributed by atoms with Crippen molar-refractivity contribution < 1.29 is 28.2 Å². The number of ketones is 1. The van der Waals surface area contributed by atoms with Crippen LogP contribution in [0.4, 0.5) is 10.1 Å². The average Bonchev–Trinajstić information content (AvgIpc) is 3.57. The number of anilines is 1. The minimum atomic E-state index is -0.902. The number of carbonyl (C=O) groups is 3. The summed E-state index contributed by atoms with van der Waals surface area (Å²) in [5, 5.41) is 0. The SMILES string of the molecule is O=C(c1ccc2c(c1)OCO2)[C@@H]1[C@@H]2C(=O)N(c3ccc(F)cc3)C(=O)[C@@H]2[C@H]2c3ccccc3C=CN12. The molecule has 3 aromatic rings. The zero-order chi connectivity index (χ0) is 24.6. The van der Waals surface area contributed by atoms with Crippen molar-refractivity contribution in [2.75, 3.05) is 11.7 Å². The summed E-state index contributed by atoms with van der Waals surface area (Å²) < 4.78 is 24.4. The Morgan fingerprint density at radius 1 is 0.889 bits per heavy atom. The summed E-state index contributed by atoms with van der Waals surface area (Å²) in [5.41, 5.74) is 2.49. The van der Waals surface area contributed by atoms with E-state index >= 15 is 0 Å². The third kappa shape index (κ3) is 2.81. The molecule has 0 N–H and O–H groups in total. The first-order chi connectivity index (χ1) is 17.5. The maximum absolute atomic E-state index is 14.0. The Labute approximate surface area is 205 Å². The zero-order valence-corrected chi connectivity index (χ0v) is 18.8. The van der Waals surface area contributed by atoms with Crippen LogP contribution in [0.3, 0.4) is 0 Å². The van der Waals surface area contributed by atoms with Crippen molar-refractivity contribution in [2.45, 2.75) is 12.1 Å². The van der Waals surface area contributed by atoms with E-state index in [-0.39, 0.29) is 12.6 Å². The van der Waals surface area contributed by atoms with E-state index in [0.29, 0.717) is 22.7 Å². The van der Waals surface area contributed by atoms with Gasteiger partial charge in [-0.2, -0.15) is 0 Å². The number of rotatable bonds is 3. The van der Waals surface area contributed by atoms with Gasteiger partial charge >= 0.3 is 0 Å². The highest BCUT2D eigenvalue weighted by atomic mass is 19.1. The third-order valence-electron chi connectivity index (χ3n) is 7.47. The summed E-state index contributed by atoms with van der Waals surface area (Å²) in [6.45, 7) is 0.0778. The highest BCUT2D eigenvalue weighted by Gasteiger charge is 2.64. The minimum Gasteiger partial charge on any atom is -0.454 e. The van der Waals surface area contributed by atoms with Gasteiger partial charge in [0.2, 0.25) is 18.6 Å². The predicted octanol–water partition coefficient (Wildman–Crippen LogP) is 3.95. The van der Waals surface area contributed by atoms with Crippen LogP contribution in [-0.4, -0.2) is 35.3 Å². The van der Waals surface area contributed by atoms with Crippen molar-refractivity contribution in [1.82, 2.24) is 4.90 Å². The molecule has 3 aromatic carbocycles. The van der Waals surface area contributed by atoms with Crippen molar-refractivity contribution in [3.8, 4) is 11.5 Å². The number of imide groups is 1. The first-order valence-electron chi connectivity index (χ1n) is 11.6. The van der Waals surface area contributed by atoms with Gasteiger partial charge in [-0.25, -0.2) is 9.29 Å². The monoisotopic (exact) mass is 482 g/mol. The molecule has 7 nitrogen and oxygen atoms in total. The number of nitrogens with zero attached hydrogens (tertiary/aromatic N) is 2. The van der Waals surface area contributed by atoms with E-state index in [2.05, 4.69) is 0 Å². The van der Waals surface area contributed by atoms with Crippen molar-refractivity contribution in [3.05, 3.63) is 95.4 Å². The predicted molar refractivity (Wildman–Crippen MR) is 127 cm³/mol. The van der Waals surface area contributed by atoms with Crippen LogP contribution < -0.4 is 14.4 Å². The summed E-state index contributed by atoms with van der Waals surface area (Å²) in [7, 11) is 0. The molecule has 4 aliphatic rings. The van der Waals surface area contributed by atoms with Gasteiger partial charge in [-0.05, 0) is 59.7 Å². The first-order valence-corrected chi connectivity index (χ1v) is 11.6. The maximum atomic E-state index is 14.0. The number of benzene rings is 3. The molecule has 8 heteroatoms. The number of fused-ring (bicyclic) bond motifs is 6. The summed E-state index contributed by atoms with van der Waals surface area (Å²) in [4.78, 5) is 44.6. The second kappa shape index (κ2) is 7.52. The fraction of sp³-hybridized carbons (Fsp3) is 0.179. The van der Waals surface area contributed by atoms with Gasteiger partial charge in [-0.1, -0.05) is 24.3 Å². The molecular formula is C28H19FN2O5. The second-order valence-electron chi connectivity index (χ2n) is 9.25. The number of amides is 2. The Morgan fingerprint density at radius 2 is 1.64 bits per heavy atom. The van der Waals surface area contributed by atoms with Crippen molar-refractivity contribution in [2.24, 2.45) is 11.8 Å². The molecule has 4 heterocycles. The van der Waals surface area contributed by atoms with Gasteiger partial charge in [0.15, 0.2) is 17.3 Å². The second-order valence-corrected chi connectivity index (χ2v) is 9.25. The molecule has 0 saturated carbocycles. The van der Waals surface area contributed by atoms with E-state index in [1.54, 1.807) is 18.2 Å². The van der Waals surface area contributed by atoms with Crippen LogP contribution in [-0.2, 0) is 9.59 Å². The summed E-state index contributed by atoms with van der Waals surface area (Å²) >= 11 is 0. The standard InChI is InChI=1S/C28H19FN2O5/c29-17-6-8-18(9-7-17)31-27(33)22-23(28(31)34)25(26(32)16-5-10-20-21(13-16)36-14-35-20)30-12-11-15-3-1-2-4-19(15)24(22)30/h1-13,22-25H,14H2/t22-,23+,24+,25-/m0/s1. The Bertz CT molecular complexity index is 1480. The van der Waals surface area contributed by atoms with Gasteiger partial charge in [0.05, 0.1) is 23.6 Å². The molecule has 2 fully saturated rings. The van der Waals surface area contributed by atoms with E-state index in [4.69, 9.17) is 9.47 Å². The molecule has 0 unspecified atom stereocenters. The Balaban J connectivity index is 1.36. The van der Waals surface area contributed by atoms with Crippen LogP contribution in [0.5, 0.6) is 11.5 Å². The Morgan fingerprint density at radius 3 is 2.47 bits per heavy atom. The largest absolute Gasteiger partial charge is 0.454 e. The normalized spacial score (nSPS) is 25.1. The summed E-state index contributed by atoms with van der Waals surface area (Å²) in [6, 6.07) is 16.5. The lowest BCUT2D eigenvalue weighted by Crippen LogP contribution is -2.44. The van der Waals surface area contributed by atoms with E-state index in [1.165, 1.54) is 24.3 Å². The topological polar surface area (TPSA) is 76.1 Å². The fourth-order valence-electron chi connectivity index (χ4n) is 5.92. The van der Waals surface area contributed by atoms with Gasteiger partial charge < -0.3 is 14.4 Å². The van der Waals surface area contributed by atoms with Crippen LogP contribution in [0.1, 0.15) is 27.5 Å². The van der Waals surface area contributed by atoms with Gasteiger partial charge in [0.1, 0.15) is 11.9 Å². The Hall–Kier alpha value is -4.46. The smallest absolute Gasteiger partial charge is 0.240 e. The van der Waals surface area contributed by atoms with Gasteiger partial charge in [0.25, 0.3) is 0 Å². The minimum absolute atomic E-state index is 0.0778. The third-order valence-corrected chi connectivity index (χ3v) is 7.47. The van der Waals surface area contributed by atoms with Crippen molar-refractivity contribution in [3.63, 3.8) is 0 Å². The number of carbonyl (C=O) groups excluding carboxylic acids is 3. The average molecular weight is 482 g/mol. The highest BCUT2D eigenvalue weighted by molar-refractivity contribution is 6.24. The van der Waals surface area contributed by atoms with Crippen LogP contribution >= 0.6 is 0 Å². The molecule has 0 radical (unpaired) electrons. The molecule has 36 heavy (non-hydrogen) atoms. The Kier molecular flexibility index (Phi) is 4.36. The molecule has 0 aromatic heterocycles. The van der Waals surface area contributed by atoms with Crippen molar-refractivity contribution in [1.29, 1.82) is 0 Å². The molecule has 0 bridgehead atoms. The van der Waals surface area contributed by atoms with Crippen LogP contribution in [0.15, 0.2) is 72.9 Å². The lowest BCUT2D eigenvalue weighted by atomic mass is 9.83. The van der Waals surface area contributed by atoms with E-state index < -0.39 is 41.6 Å². The quantitative estimate of drug-likeness (QED) is 0.416. The molecule has 2 saturated heterocycles. The number of hydrogen-bond acceptors (Lipinski definition) is 6. The molecule has 7 rings (SSSR count). The first kappa shape index (κ1) is 20.9. The van der Waals surface area contributed by atoms with Crippen LogP contribution in [0, 0.1) is 17.7 Å². The van der Waals surface area contributed by atoms with Crippen LogP contribution in [0.2, 0.25) is 0 Å². The van der Waals surface area contributed by atoms with Crippen LogP contribution in [0.25, 0.3) is 6.08 Å². The molecular weight excluding hydrogens is 463 g/mol. The zero-order valence-electron chi connectivity index (χ0n) is 18.8. The van der Waals surface area contributed by atoms with E-state index in [9.17, 15) is 18.8 Å². The van der Waals surface area contributed by atoms with E-state index in [1.807, 2.05) is 41.4 Å². The number of hydrogen-bond donors (Lipinski definition) is 0. The summed E-state index contributed by atoms with van der Waals surface area (Å²) in [5.74, 6) is -2.25. The molecule has 2 amide bonds. The van der Waals surface area contributed by atoms with Gasteiger partial charge in [-0.15, -0.1) is 0 Å². The molecule has 0 aliphatic carbocycles. The highest BCUT2D eigenvalue weighted by Crippen LogP contribution is 2.53. The van der Waals surface area contributed by atoms with Crippen molar-refractivity contribution >= 4 is 29.4 Å². The van der Waals surface area contributed by atoms with E-state index in [0.717, 1.165) is 16.0 Å².